The van der Waals surface area contributed by atoms with Crippen LogP contribution in [0.3, 0.4) is 0 Å². The van der Waals surface area contributed by atoms with E-state index in [1.165, 1.54) is 0 Å². The Hall–Kier alpha value is -1.46. The van der Waals surface area contributed by atoms with Gasteiger partial charge in [-0.2, -0.15) is 0 Å². The van der Waals surface area contributed by atoms with Crippen LogP contribution in [0.2, 0.25) is 0 Å². The van der Waals surface area contributed by atoms with Crippen molar-refractivity contribution in [2.75, 3.05) is 34.4 Å². The summed E-state index contributed by atoms with van der Waals surface area (Å²) >= 11 is 0. The molecule has 1 rings (SSSR count). The van der Waals surface area contributed by atoms with E-state index < -0.39 is 0 Å². The molecule has 21 heavy (non-hydrogen) atoms. The van der Waals surface area contributed by atoms with Gasteiger partial charge in [0.1, 0.15) is 0 Å². The molecule has 1 unspecified atom stereocenters. The van der Waals surface area contributed by atoms with Crippen LogP contribution in [0.4, 0.5) is 0 Å². The van der Waals surface area contributed by atoms with E-state index in [0.29, 0.717) is 23.3 Å². The SMILES string of the molecule is CCCNCC(C)NCc1cc(OC)c(OC)c(OC)c1. The van der Waals surface area contributed by atoms with Crippen LogP contribution in [0.25, 0.3) is 0 Å². The lowest BCUT2D eigenvalue weighted by molar-refractivity contribution is 0.323. The second kappa shape index (κ2) is 9.47. The molecule has 0 fully saturated rings. The average Bonchev–Trinajstić information content (AvgIpc) is 2.51. The zero-order chi connectivity index (χ0) is 15.7. The zero-order valence-corrected chi connectivity index (χ0v) is 13.8. The summed E-state index contributed by atoms with van der Waals surface area (Å²) in [5.74, 6) is 2.00. The number of nitrogens with one attached hydrogen (secondary N) is 2. The average molecular weight is 296 g/mol. The second-order valence-corrected chi connectivity index (χ2v) is 5.02. The molecule has 0 aromatic heterocycles. The number of hydrogen-bond acceptors (Lipinski definition) is 5. The molecule has 0 radical (unpaired) electrons. The number of hydrogen-bond donors (Lipinski definition) is 2. The highest BCUT2D eigenvalue weighted by Crippen LogP contribution is 2.38. The topological polar surface area (TPSA) is 51.8 Å². The van der Waals surface area contributed by atoms with Gasteiger partial charge in [0.25, 0.3) is 0 Å². The van der Waals surface area contributed by atoms with Crippen LogP contribution in [-0.2, 0) is 6.54 Å². The molecule has 0 aliphatic rings. The minimum absolute atomic E-state index is 0.399. The van der Waals surface area contributed by atoms with Gasteiger partial charge in [-0.1, -0.05) is 6.92 Å². The fourth-order valence-corrected chi connectivity index (χ4v) is 2.10. The van der Waals surface area contributed by atoms with Gasteiger partial charge < -0.3 is 24.8 Å². The maximum atomic E-state index is 5.36. The Labute approximate surface area is 128 Å². The van der Waals surface area contributed by atoms with E-state index in [4.69, 9.17) is 14.2 Å². The van der Waals surface area contributed by atoms with Crippen LogP contribution in [0.1, 0.15) is 25.8 Å². The molecular formula is C16H28N2O3. The van der Waals surface area contributed by atoms with Gasteiger partial charge in [-0.3, -0.25) is 0 Å². The highest BCUT2D eigenvalue weighted by atomic mass is 16.5. The van der Waals surface area contributed by atoms with Crippen LogP contribution >= 0.6 is 0 Å². The van der Waals surface area contributed by atoms with E-state index in [-0.39, 0.29) is 0 Å². The third-order valence-corrected chi connectivity index (χ3v) is 3.26. The van der Waals surface area contributed by atoms with E-state index in [1.807, 2.05) is 12.1 Å². The molecule has 0 spiro atoms. The summed E-state index contributed by atoms with van der Waals surface area (Å²) in [5, 5.41) is 6.89. The summed E-state index contributed by atoms with van der Waals surface area (Å²) in [6.07, 6.45) is 1.15. The first-order chi connectivity index (χ1) is 10.2. The predicted octanol–water partition coefficient (Wildman–Crippen LogP) is 2.19. The molecule has 0 saturated heterocycles. The number of ether oxygens (including phenoxy) is 3. The van der Waals surface area contributed by atoms with E-state index in [0.717, 1.165) is 31.6 Å². The van der Waals surface area contributed by atoms with Crippen molar-refractivity contribution in [3.05, 3.63) is 17.7 Å². The van der Waals surface area contributed by atoms with Crippen molar-refractivity contribution in [2.24, 2.45) is 0 Å². The fraction of sp³-hybridized carbons (Fsp3) is 0.625. The minimum Gasteiger partial charge on any atom is -0.493 e. The highest BCUT2D eigenvalue weighted by molar-refractivity contribution is 5.53. The Kier molecular flexibility index (Phi) is 7.93. The normalized spacial score (nSPS) is 12.0. The van der Waals surface area contributed by atoms with Crippen LogP contribution in [0.15, 0.2) is 12.1 Å². The van der Waals surface area contributed by atoms with E-state index in [2.05, 4.69) is 24.5 Å². The molecule has 1 aromatic carbocycles. The zero-order valence-electron chi connectivity index (χ0n) is 13.8. The van der Waals surface area contributed by atoms with Crippen LogP contribution in [0, 0.1) is 0 Å². The first-order valence-corrected chi connectivity index (χ1v) is 7.39. The monoisotopic (exact) mass is 296 g/mol. The van der Waals surface area contributed by atoms with Crippen molar-refractivity contribution >= 4 is 0 Å². The first kappa shape index (κ1) is 17.6. The lowest BCUT2D eigenvalue weighted by Crippen LogP contribution is -2.36. The number of benzene rings is 1. The summed E-state index contributed by atoms with van der Waals surface area (Å²) < 4.78 is 16.0. The molecule has 0 aliphatic carbocycles. The van der Waals surface area contributed by atoms with Crippen LogP contribution < -0.4 is 24.8 Å². The summed E-state index contributed by atoms with van der Waals surface area (Å²) in [6.45, 7) is 7.10. The van der Waals surface area contributed by atoms with Crippen molar-refractivity contribution in [3.63, 3.8) is 0 Å². The standard InChI is InChI=1S/C16H28N2O3/c1-6-7-17-10-12(2)18-11-13-8-14(19-3)16(21-5)15(9-13)20-4/h8-9,12,17-18H,6-7,10-11H2,1-5H3. The Morgan fingerprint density at radius 1 is 1.05 bits per heavy atom. The van der Waals surface area contributed by atoms with Gasteiger partial charge in [-0.15, -0.1) is 0 Å². The molecule has 0 heterocycles. The highest BCUT2D eigenvalue weighted by Gasteiger charge is 2.13. The summed E-state index contributed by atoms with van der Waals surface area (Å²) in [4.78, 5) is 0. The lowest BCUT2D eigenvalue weighted by Gasteiger charge is -2.17. The van der Waals surface area contributed by atoms with Gasteiger partial charge in [0.05, 0.1) is 21.3 Å². The molecule has 1 aromatic rings. The second-order valence-electron chi connectivity index (χ2n) is 5.02. The lowest BCUT2D eigenvalue weighted by atomic mass is 10.1. The van der Waals surface area contributed by atoms with Crippen molar-refractivity contribution < 1.29 is 14.2 Å². The Balaban J connectivity index is 2.66. The predicted molar refractivity (Wildman–Crippen MR) is 85.6 cm³/mol. The molecule has 0 amide bonds. The quantitative estimate of drug-likeness (QED) is 0.648. The van der Waals surface area contributed by atoms with E-state index in [1.54, 1.807) is 21.3 Å². The van der Waals surface area contributed by atoms with Crippen molar-refractivity contribution in [2.45, 2.75) is 32.9 Å². The minimum atomic E-state index is 0.399. The van der Waals surface area contributed by atoms with Crippen molar-refractivity contribution in [1.82, 2.24) is 10.6 Å². The van der Waals surface area contributed by atoms with Gasteiger partial charge in [0.15, 0.2) is 11.5 Å². The summed E-state index contributed by atoms with van der Waals surface area (Å²) in [6, 6.07) is 4.34. The maximum Gasteiger partial charge on any atom is 0.203 e. The molecule has 2 N–H and O–H groups in total. The Bertz CT molecular complexity index is 399. The Morgan fingerprint density at radius 3 is 2.14 bits per heavy atom. The van der Waals surface area contributed by atoms with Gasteiger partial charge in [-0.05, 0) is 37.6 Å². The molecule has 120 valence electrons. The smallest absolute Gasteiger partial charge is 0.203 e. The molecule has 5 nitrogen and oxygen atoms in total. The van der Waals surface area contributed by atoms with E-state index in [9.17, 15) is 0 Å². The van der Waals surface area contributed by atoms with Gasteiger partial charge in [-0.25, -0.2) is 0 Å². The molecule has 5 heteroatoms. The van der Waals surface area contributed by atoms with Crippen molar-refractivity contribution in [1.29, 1.82) is 0 Å². The first-order valence-electron chi connectivity index (χ1n) is 7.39. The largest absolute Gasteiger partial charge is 0.493 e. The molecular weight excluding hydrogens is 268 g/mol. The van der Waals surface area contributed by atoms with Gasteiger partial charge in [0, 0.05) is 19.1 Å². The third kappa shape index (κ3) is 5.44. The Morgan fingerprint density at radius 2 is 1.67 bits per heavy atom. The number of rotatable bonds is 10. The van der Waals surface area contributed by atoms with Gasteiger partial charge in [0.2, 0.25) is 5.75 Å². The van der Waals surface area contributed by atoms with Crippen LogP contribution in [-0.4, -0.2) is 40.5 Å². The maximum absolute atomic E-state index is 5.36. The fourth-order valence-electron chi connectivity index (χ4n) is 2.10. The number of methoxy groups -OCH3 is 3. The molecule has 1 atom stereocenters. The van der Waals surface area contributed by atoms with Gasteiger partial charge >= 0.3 is 0 Å². The molecule has 0 saturated carbocycles. The van der Waals surface area contributed by atoms with E-state index >= 15 is 0 Å². The van der Waals surface area contributed by atoms with Crippen LogP contribution in [0.5, 0.6) is 17.2 Å². The van der Waals surface area contributed by atoms with Crippen molar-refractivity contribution in [3.8, 4) is 17.2 Å². The summed E-state index contributed by atoms with van der Waals surface area (Å²) in [5.41, 5.74) is 1.10. The summed E-state index contributed by atoms with van der Waals surface area (Å²) in [7, 11) is 4.87. The molecule has 0 aliphatic heterocycles. The molecule has 0 bridgehead atoms. The third-order valence-electron chi connectivity index (χ3n) is 3.26.